The van der Waals surface area contributed by atoms with Crippen LogP contribution in [0.5, 0.6) is 11.8 Å². The van der Waals surface area contributed by atoms with Crippen molar-refractivity contribution in [3.8, 4) is 11.8 Å². The maximum Gasteiger partial charge on any atom is 0.318 e. The molecule has 0 saturated carbocycles. The Balaban J connectivity index is 1.16. The molecule has 5 aliphatic rings. The lowest BCUT2D eigenvalue weighted by molar-refractivity contribution is -0.133. The van der Waals surface area contributed by atoms with E-state index in [0.29, 0.717) is 67.6 Å². The van der Waals surface area contributed by atoms with Crippen LogP contribution < -0.4 is 19.9 Å². The Kier molecular flexibility index (Phi) is 6.68. The Hall–Kier alpha value is -3.25. The number of phenolic OH excluding ortho intramolecular Hbond substituents is 1. The highest BCUT2D eigenvalue weighted by Crippen LogP contribution is 2.43. The molecule has 3 atom stereocenters. The molecule has 12 heteroatoms. The minimum absolute atomic E-state index is 0.0836. The van der Waals surface area contributed by atoms with E-state index in [9.17, 15) is 18.7 Å². The van der Waals surface area contributed by atoms with Gasteiger partial charge < -0.3 is 25.0 Å². The minimum Gasteiger partial charge on any atom is -0.508 e. The van der Waals surface area contributed by atoms with Crippen LogP contribution in [0.4, 0.5) is 20.3 Å². The quantitative estimate of drug-likeness (QED) is 0.381. The second-order valence-electron chi connectivity index (χ2n) is 13.2. The average molecular weight is 670 g/mol. The predicted molar refractivity (Wildman–Crippen MR) is 166 cm³/mol. The lowest BCUT2D eigenvalue weighted by Gasteiger charge is -2.49. The van der Waals surface area contributed by atoms with Crippen LogP contribution in [0.1, 0.15) is 49.8 Å². The highest BCUT2D eigenvalue weighted by Gasteiger charge is 2.50. The molecule has 0 radical (unpaired) electrons. The van der Waals surface area contributed by atoms with Gasteiger partial charge in [0, 0.05) is 55.3 Å². The number of ether oxygens (including phenoxy) is 1. The molecule has 5 aliphatic heterocycles. The summed E-state index contributed by atoms with van der Waals surface area (Å²) in [5.74, 6) is 0.647. The third-order valence-electron chi connectivity index (χ3n) is 10.3. The van der Waals surface area contributed by atoms with Crippen LogP contribution in [-0.4, -0.2) is 82.5 Å². The Morgan fingerprint density at radius 2 is 1.98 bits per heavy atom. The average Bonchev–Trinajstić information content (AvgIpc) is 3.52. The van der Waals surface area contributed by atoms with Gasteiger partial charge >= 0.3 is 6.01 Å². The maximum atomic E-state index is 14.7. The fraction of sp³-hybridized carbons (Fsp3) is 0.531. The van der Waals surface area contributed by atoms with Crippen LogP contribution in [-0.2, 0) is 17.8 Å². The number of phenols is 1. The predicted octanol–water partition coefficient (Wildman–Crippen LogP) is 4.61. The van der Waals surface area contributed by atoms with Gasteiger partial charge in [-0.25, -0.2) is 8.78 Å². The number of hydrogen-bond donors (Lipinski definition) is 2. The maximum absolute atomic E-state index is 14.7. The summed E-state index contributed by atoms with van der Waals surface area (Å²) in [6.07, 6.45) is 4.57. The number of fused-ring (bicyclic) bond motifs is 3. The van der Waals surface area contributed by atoms with Gasteiger partial charge in [0.25, 0.3) is 0 Å². The van der Waals surface area contributed by atoms with Gasteiger partial charge in [-0.05, 0) is 72.1 Å². The molecule has 4 saturated heterocycles. The number of halogens is 3. The first-order valence-corrected chi connectivity index (χ1v) is 16.3. The molecule has 1 unspecified atom stereocenters. The molecule has 9 nitrogen and oxygen atoms in total. The van der Waals surface area contributed by atoms with Crippen LogP contribution in [0.2, 0.25) is 0 Å². The number of piperidine rings is 1. The molecular formula is C32H35BrF2N6O3. The van der Waals surface area contributed by atoms with E-state index in [1.54, 1.807) is 18.2 Å². The zero-order valence-corrected chi connectivity index (χ0v) is 26.0. The molecule has 0 bridgehead atoms. The fourth-order valence-electron chi connectivity index (χ4n) is 8.32. The molecule has 2 N–H and O–H groups in total. The first-order valence-electron chi connectivity index (χ1n) is 15.5. The van der Waals surface area contributed by atoms with E-state index in [4.69, 9.17) is 14.7 Å². The van der Waals surface area contributed by atoms with Crippen molar-refractivity contribution in [1.82, 2.24) is 20.2 Å². The third-order valence-corrected chi connectivity index (χ3v) is 11.1. The van der Waals surface area contributed by atoms with E-state index < -0.39 is 6.17 Å². The van der Waals surface area contributed by atoms with E-state index in [-0.39, 0.29) is 34.6 Å². The molecule has 44 heavy (non-hydrogen) atoms. The highest BCUT2D eigenvalue weighted by molar-refractivity contribution is 9.10. The number of nitrogens with one attached hydrogen (secondary N) is 1. The topological polar surface area (TPSA) is 94.1 Å². The third kappa shape index (κ3) is 4.67. The molecule has 1 aromatic heterocycles. The van der Waals surface area contributed by atoms with Gasteiger partial charge in [0.05, 0.1) is 34.2 Å². The molecule has 232 valence electrons. The lowest BCUT2D eigenvalue weighted by atomic mass is 9.79. The number of anilines is 2. The number of hydrogen-bond acceptors (Lipinski definition) is 8. The molecule has 0 aliphatic carbocycles. The Bertz CT molecular complexity index is 1670. The van der Waals surface area contributed by atoms with Crippen molar-refractivity contribution in [2.24, 2.45) is 0 Å². The van der Waals surface area contributed by atoms with Gasteiger partial charge in [0.1, 0.15) is 30.2 Å². The number of benzene rings is 2. The van der Waals surface area contributed by atoms with E-state index in [0.717, 1.165) is 61.2 Å². The van der Waals surface area contributed by atoms with Crippen LogP contribution in [0.3, 0.4) is 0 Å². The second-order valence-corrected chi connectivity index (χ2v) is 14.0. The monoisotopic (exact) mass is 668 g/mol. The minimum atomic E-state index is -0.851. The largest absolute Gasteiger partial charge is 0.508 e. The normalized spacial score (nSPS) is 28.2. The number of amides is 1. The molecule has 1 spiro atoms. The number of β-lactam (4-membered cyclic amide) rings is 1. The zero-order chi connectivity index (χ0) is 30.2. The Labute approximate surface area is 262 Å². The van der Waals surface area contributed by atoms with Gasteiger partial charge in [0.15, 0.2) is 0 Å². The standard InChI is InChI=1S/C32H35BrF2N6O3/c33-28-23(35)4-3-19-11-21(42)12-25(27(19)28)39-10-5-22-24(16-39)36-30(44-18-32-7-2-9-41(32)15-20(34)13-32)37-29(22)40-8-1-6-31(17-40)14-26(43)38-31/h3-4,11-12,20,42H,1-2,5-10,13-18H2,(H,38,43)/t20-,31?,32+/m1/s1. The Morgan fingerprint density at radius 3 is 2.82 bits per heavy atom. The summed E-state index contributed by atoms with van der Waals surface area (Å²) in [6, 6.07) is 6.64. The van der Waals surface area contributed by atoms with Gasteiger partial charge in [-0.2, -0.15) is 9.97 Å². The van der Waals surface area contributed by atoms with Gasteiger partial charge in [-0.3, -0.25) is 9.69 Å². The van der Waals surface area contributed by atoms with E-state index in [1.807, 2.05) is 0 Å². The van der Waals surface area contributed by atoms with Gasteiger partial charge in [-0.15, -0.1) is 0 Å². The number of rotatable bonds is 5. The SMILES string of the molecule is O=C1CC2(CCCN(c3nc(OC[C@@]45CCCN4C[C@H](F)C5)nc4c3CCN(c3cc(O)cc5ccc(F)c(Br)c35)C4)C2)N1. The summed E-state index contributed by atoms with van der Waals surface area (Å²) in [5, 5.41) is 15.1. The number of nitrogens with zero attached hydrogens (tertiary/aromatic N) is 5. The fourth-order valence-corrected chi connectivity index (χ4v) is 8.88. The summed E-state index contributed by atoms with van der Waals surface area (Å²) in [6.45, 7) is 4.19. The molecule has 4 fully saturated rings. The number of aromatic nitrogens is 2. The van der Waals surface area contributed by atoms with E-state index in [1.165, 1.54) is 6.07 Å². The van der Waals surface area contributed by atoms with Crippen LogP contribution >= 0.6 is 15.9 Å². The number of carbonyl (C=O) groups is 1. The summed E-state index contributed by atoms with van der Waals surface area (Å²) in [5.41, 5.74) is 2.01. The van der Waals surface area contributed by atoms with Gasteiger partial charge in [-0.1, -0.05) is 6.07 Å². The number of alkyl halides is 1. The van der Waals surface area contributed by atoms with Crippen molar-refractivity contribution in [3.05, 3.63) is 45.8 Å². The van der Waals surface area contributed by atoms with Crippen LogP contribution in [0, 0.1) is 5.82 Å². The van der Waals surface area contributed by atoms with Crippen molar-refractivity contribution in [2.45, 2.75) is 68.7 Å². The van der Waals surface area contributed by atoms with E-state index >= 15 is 0 Å². The molecule has 8 rings (SSSR count). The second kappa shape index (κ2) is 10.4. The van der Waals surface area contributed by atoms with Crippen LogP contribution in [0.15, 0.2) is 28.7 Å². The number of carbonyl (C=O) groups excluding carboxylic acids is 1. The Morgan fingerprint density at radius 1 is 1.14 bits per heavy atom. The van der Waals surface area contributed by atoms with Crippen LogP contribution in [0.25, 0.3) is 10.8 Å². The first kappa shape index (κ1) is 28.2. The van der Waals surface area contributed by atoms with Crippen molar-refractivity contribution in [1.29, 1.82) is 0 Å². The summed E-state index contributed by atoms with van der Waals surface area (Å²) in [4.78, 5) is 28.4. The van der Waals surface area contributed by atoms with Crippen molar-refractivity contribution >= 4 is 44.1 Å². The lowest BCUT2D eigenvalue weighted by Crippen LogP contribution is -2.68. The summed E-state index contributed by atoms with van der Waals surface area (Å²) in [7, 11) is 0. The molecule has 6 heterocycles. The first-order chi connectivity index (χ1) is 21.2. The molecule has 3 aromatic rings. The van der Waals surface area contributed by atoms with Gasteiger partial charge in [0.2, 0.25) is 5.91 Å². The highest BCUT2D eigenvalue weighted by atomic mass is 79.9. The summed E-state index contributed by atoms with van der Waals surface area (Å²) >= 11 is 3.44. The molecule has 2 aromatic carbocycles. The smallest absolute Gasteiger partial charge is 0.318 e. The molecular weight excluding hydrogens is 634 g/mol. The molecule has 1 amide bonds. The summed E-state index contributed by atoms with van der Waals surface area (Å²) < 4.78 is 35.9. The number of aromatic hydroxyl groups is 1. The van der Waals surface area contributed by atoms with E-state index in [2.05, 4.69) is 35.9 Å². The van der Waals surface area contributed by atoms with Crippen molar-refractivity contribution < 1.29 is 23.4 Å². The van der Waals surface area contributed by atoms with Crippen molar-refractivity contribution in [3.63, 3.8) is 0 Å². The van der Waals surface area contributed by atoms with Crippen molar-refractivity contribution in [2.75, 3.05) is 49.1 Å². The zero-order valence-electron chi connectivity index (χ0n) is 24.4.